The fraction of sp³-hybridized carbons (Fsp3) is 0.235. The second-order valence-electron chi connectivity index (χ2n) is 6.07. The third-order valence-electron chi connectivity index (χ3n) is 4.38. The van der Waals surface area contributed by atoms with E-state index in [4.69, 9.17) is 0 Å². The Morgan fingerprint density at radius 1 is 1.24 bits per heavy atom. The van der Waals surface area contributed by atoms with Crippen LogP contribution in [0.1, 0.15) is 21.7 Å². The summed E-state index contributed by atoms with van der Waals surface area (Å²) in [6, 6.07) is 9.24. The van der Waals surface area contributed by atoms with Gasteiger partial charge in [-0.3, -0.25) is 14.5 Å². The Morgan fingerprint density at radius 2 is 2.04 bits per heavy atom. The Balaban J connectivity index is 1.73. The van der Waals surface area contributed by atoms with Crippen LogP contribution in [0.5, 0.6) is 0 Å². The minimum atomic E-state index is -3.19. The summed E-state index contributed by atoms with van der Waals surface area (Å²) in [5.41, 5.74) is 2.71. The van der Waals surface area contributed by atoms with E-state index in [2.05, 4.69) is 15.4 Å². The number of hydrogen-bond acceptors (Lipinski definition) is 5. The molecule has 0 bridgehead atoms. The molecule has 1 amide bonds. The molecule has 7 nitrogen and oxygen atoms in total. The van der Waals surface area contributed by atoms with Crippen molar-refractivity contribution in [3.8, 4) is 0 Å². The van der Waals surface area contributed by atoms with Gasteiger partial charge in [0.25, 0.3) is 5.91 Å². The van der Waals surface area contributed by atoms with E-state index in [-0.39, 0.29) is 17.2 Å². The topological polar surface area (TPSA) is 93.9 Å². The van der Waals surface area contributed by atoms with E-state index in [9.17, 15) is 13.2 Å². The molecule has 0 fully saturated rings. The maximum Gasteiger partial charge on any atom is 0.276 e. The molecule has 1 N–H and O–H groups in total. The molecule has 0 aliphatic carbocycles. The van der Waals surface area contributed by atoms with E-state index in [0.717, 1.165) is 11.1 Å². The van der Waals surface area contributed by atoms with E-state index in [1.54, 1.807) is 24.0 Å². The molecule has 1 aromatic carbocycles. The molecule has 1 aliphatic heterocycles. The predicted molar refractivity (Wildman–Crippen MR) is 94.1 cm³/mol. The Kier molecular flexibility index (Phi) is 3.57. The number of carbonyl (C=O) groups is 1. The standard InChI is InChI=1S/C17H16N4O3S/c1-21-14-7-9-25(23,24)10-12(14)16(20-21)17(22)19-13-6-2-4-11-5-3-8-18-15(11)13/h2-6,8H,7,9-10H2,1H3,(H,19,22). The van der Waals surface area contributed by atoms with Crippen molar-refractivity contribution < 1.29 is 13.2 Å². The van der Waals surface area contributed by atoms with Gasteiger partial charge in [0, 0.05) is 36.3 Å². The molecule has 2 aromatic heterocycles. The van der Waals surface area contributed by atoms with Crippen LogP contribution in [0.15, 0.2) is 36.5 Å². The maximum absolute atomic E-state index is 12.7. The Bertz CT molecular complexity index is 1100. The highest BCUT2D eigenvalue weighted by Gasteiger charge is 2.30. The van der Waals surface area contributed by atoms with Crippen molar-refractivity contribution >= 4 is 32.3 Å². The lowest BCUT2D eigenvalue weighted by atomic mass is 10.1. The lowest BCUT2D eigenvalue weighted by molar-refractivity contribution is 0.102. The summed E-state index contributed by atoms with van der Waals surface area (Å²) >= 11 is 0. The largest absolute Gasteiger partial charge is 0.319 e. The third kappa shape index (κ3) is 2.78. The van der Waals surface area contributed by atoms with Crippen molar-refractivity contribution in [2.24, 2.45) is 7.05 Å². The second-order valence-corrected chi connectivity index (χ2v) is 8.26. The molecule has 0 saturated carbocycles. The number of carbonyl (C=O) groups excluding carboxylic acids is 1. The molecule has 3 aromatic rings. The van der Waals surface area contributed by atoms with Gasteiger partial charge in [-0.15, -0.1) is 0 Å². The molecule has 0 spiro atoms. The van der Waals surface area contributed by atoms with Gasteiger partial charge in [0.15, 0.2) is 15.5 Å². The monoisotopic (exact) mass is 356 g/mol. The first-order valence-corrected chi connectivity index (χ1v) is 9.67. The van der Waals surface area contributed by atoms with Crippen molar-refractivity contribution in [1.29, 1.82) is 0 Å². The average molecular weight is 356 g/mol. The number of pyridine rings is 1. The molecular formula is C17H16N4O3S. The van der Waals surface area contributed by atoms with E-state index < -0.39 is 15.7 Å². The van der Waals surface area contributed by atoms with Crippen LogP contribution in [0.25, 0.3) is 10.9 Å². The van der Waals surface area contributed by atoms with Gasteiger partial charge in [0.1, 0.15) is 0 Å². The highest BCUT2D eigenvalue weighted by atomic mass is 32.2. The van der Waals surface area contributed by atoms with E-state index in [1.165, 1.54) is 0 Å². The third-order valence-corrected chi connectivity index (χ3v) is 5.94. The van der Waals surface area contributed by atoms with Crippen LogP contribution in [-0.2, 0) is 29.1 Å². The Morgan fingerprint density at radius 3 is 2.88 bits per heavy atom. The summed E-state index contributed by atoms with van der Waals surface area (Å²) in [5.74, 6) is -0.479. The molecule has 0 radical (unpaired) electrons. The van der Waals surface area contributed by atoms with E-state index >= 15 is 0 Å². The van der Waals surface area contributed by atoms with Crippen LogP contribution in [-0.4, -0.2) is 34.8 Å². The fourth-order valence-electron chi connectivity index (χ4n) is 3.18. The highest BCUT2D eigenvalue weighted by Crippen LogP contribution is 2.26. The number of nitrogens with zero attached hydrogens (tertiary/aromatic N) is 3. The second kappa shape index (κ2) is 5.66. The highest BCUT2D eigenvalue weighted by molar-refractivity contribution is 7.90. The molecule has 3 heterocycles. The molecule has 0 unspecified atom stereocenters. The maximum atomic E-state index is 12.7. The summed E-state index contributed by atoms with van der Waals surface area (Å²) in [7, 11) is -1.46. The number of rotatable bonds is 2. The lowest BCUT2D eigenvalue weighted by Gasteiger charge is -2.13. The molecule has 4 rings (SSSR count). The SMILES string of the molecule is Cn1nc(C(=O)Nc2cccc3cccnc23)c2c1CCS(=O)(=O)C2. The number of fused-ring (bicyclic) bond motifs is 2. The number of aromatic nitrogens is 3. The molecular weight excluding hydrogens is 340 g/mol. The van der Waals surface area contributed by atoms with Crippen molar-refractivity contribution in [1.82, 2.24) is 14.8 Å². The van der Waals surface area contributed by atoms with Gasteiger partial charge in [-0.2, -0.15) is 5.10 Å². The number of anilines is 1. The first kappa shape index (κ1) is 15.8. The Hall–Kier alpha value is -2.74. The van der Waals surface area contributed by atoms with Gasteiger partial charge in [0.2, 0.25) is 0 Å². The minimum absolute atomic E-state index is 0.0911. The number of benzene rings is 1. The first-order chi connectivity index (χ1) is 11.9. The van der Waals surface area contributed by atoms with Crippen molar-refractivity contribution in [2.75, 3.05) is 11.1 Å². The van der Waals surface area contributed by atoms with Crippen molar-refractivity contribution in [3.05, 3.63) is 53.5 Å². The number of aryl methyl sites for hydroxylation is 1. The summed E-state index contributed by atoms with van der Waals surface area (Å²) < 4.78 is 25.5. The number of sulfone groups is 1. The van der Waals surface area contributed by atoms with Gasteiger partial charge < -0.3 is 5.32 Å². The predicted octanol–water partition coefficient (Wildman–Crippen LogP) is 1.69. The van der Waals surface area contributed by atoms with Crippen molar-refractivity contribution in [3.63, 3.8) is 0 Å². The molecule has 25 heavy (non-hydrogen) atoms. The van der Waals surface area contributed by atoms with Crippen LogP contribution >= 0.6 is 0 Å². The van der Waals surface area contributed by atoms with Crippen LogP contribution < -0.4 is 5.32 Å². The molecule has 128 valence electrons. The number of amides is 1. The summed E-state index contributed by atoms with van der Waals surface area (Å²) in [6.45, 7) is 0. The zero-order valence-corrected chi connectivity index (χ0v) is 14.4. The molecule has 0 saturated heterocycles. The smallest absolute Gasteiger partial charge is 0.276 e. The quantitative estimate of drug-likeness (QED) is 0.754. The van der Waals surface area contributed by atoms with Gasteiger partial charge in [-0.1, -0.05) is 18.2 Å². The Labute approximate surface area is 144 Å². The van der Waals surface area contributed by atoms with Gasteiger partial charge in [-0.05, 0) is 12.1 Å². The van der Waals surface area contributed by atoms with E-state index in [0.29, 0.717) is 23.2 Å². The van der Waals surface area contributed by atoms with Gasteiger partial charge in [0.05, 0.1) is 22.7 Å². The first-order valence-electron chi connectivity index (χ1n) is 7.85. The van der Waals surface area contributed by atoms with E-state index in [1.807, 2.05) is 24.3 Å². The summed E-state index contributed by atoms with van der Waals surface area (Å²) in [4.78, 5) is 17.1. The zero-order valence-electron chi connectivity index (χ0n) is 13.6. The molecule has 0 atom stereocenters. The normalized spacial score (nSPS) is 15.7. The number of hydrogen-bond donors (Lipinski definition) is 1. The van der Waals surface area contributed by atoms with Crippen LogP contribution in [0.2, 0.25) is 0 Å². The fourth-order valence-corrected chi connectivity index (χ4v) is 4.57. The van der Waals surface area contributed by atoms with Gasteiger partial charge in [-0.25, -0.2) is 8.42 Å². The van der Waals surface area contributed by atoms with Crippen LogP contribution in [0.3, 0.4) is 0 Å². The molecule has 1 aliphatic rings. The zero-order chi connectivity index (χ0) is 17.6. The van der Waals surface area contributed by atoms with Crippen molar-refractivity contribution in [2.45, 2.75) is 12.2 Å². The summed E-state index contributed by atoms with van der Waals surface area (Å²) in [5, 5.41) is 7.98. The number of nitrogens with one attached hydrogen (secondary N) is 1. The minimum Gasteiger partial charge on any atom is -0.319 e. The molecule has 8 heteroatoms. The van der Waals surface area contributed by atoms with Crippen LogP contribution in [0, 0.1) is 0 Å². The summed E-state index contributed by atoms with van der Waals surface area (Å²) in [6.07, 6.45) is 2.04. The average Bonchev–Trinajstić information content (AvgIpc) is 2.90. The lowest BCUT2D eigenvalue weighted by Crippen LogP contribution is -2.22. The number of para-hydroxylation sites is 1. The van der Waals surface area contributed by atoms with Crippen LogP contribution in [0.4, 0.5) is 5.69 Å². The van der Waals surface area contributed by atoms with Gasteiger partial charge >= 0.3 is 0 Å².